The van der Waals surface area contributed by atoms with Gasteiger partial charge in [0.15, 0.2) is 0 Å². The number of likely N-dealkylation sites (N-methyl/N-ethyl adjacent to an activating group) is 1. The number of amides is 1. The van der Waals surface area contributed by atoms with E-state index in [9.17, 15) is 9.59 Å². The lowest BCUT2D eigenvalue weighted by atomic mass is 9.82. The summed E-state index contributed by atoms with van der Waals surface area (Å²) in [6, 6.07) is 7.65. The number of hydrogen-bond donors (Lipinski definition) is 2. The molecule has 5 nitrogen and oxygen atoms in total. The van der Waals surface area contributed by atoms with E-state index in [1.165, 1.54) is 0 Å². The third-order valence-electron chi connectivity index (χ3n) is 5.01. The highest BCUT2D eigenvalue weighted by Crippen LogP contribution is 2.29. The summed E-state index contributed by atoms with van der Waals surface area (Å²) in [5.74, 6) is -0.512. The standard InChI is InChI=1S/C19H28N2O3/c1-13-6-4-5-7-16(13)17(21(2)3)18(22)20-12-14-8-10-15(11-9-14)19(23)24/h4-7,14-15,17H,8-12H2,1-3H3,(H,20,22)(H,23,24). The fourth-order valence-corrected chi connectivity index (χ4v) is 3.50. The zero-order valence-electron chi connectivity index (χ0n) is 14.8. The summed E-state index contributed by atoms with van der Waals surface area (Å²) in [5, 5.41) is 12.1. The molecule has 0 radical (unpaired) electrons. The van der Waals surface area contributed by atoms with E-state index in [4.69, 9.17) is 5.11 Å². The van der Waals surface area contributed by atoms with Gasteiger partial charge in [-0.15, -0.1) is 0 Å². The number of carbonyl (C=O) groups excluding carboxylic acids is 1. The summed E-state index contributed by atoms with van der Waals surface area (Å²) >= 11 is 0. The van der Waals surface area contributed by atoms with Crippen LogP contribution in [0.4, 0.5) is 0 Å². The Morgan fingerprint density at radius 3 is 2.38 bits per heavy atom. The highest BCUT2D eigenvalue weighted by atomic mass is 16.4. The lowest BCUT2D eigenvalue weighted by Gasteiger charge is -2.29. The Morgan fingerprint density at radius 1 is 1.21 bits per heavy atom. The predicted molar refractivity (Wildman–Crippen MR) is 93.7 cm³/mol. The minimum Gasteiger partial charge on any atom is -0.481 e. The van der Waals surface area contributed by atoms with E-state index < -0.39 is 5.97 Å². The van der Waals surface area contributed by atoms with Crippen molar-refractivity contribution in [3.63, 3.8) is 0 Å². The first-order chi connectivity index (χ1) is 11.4. The molecule has 2 rings (SSSR count). The first kappa shape index (κ1) is 18.5. The molecule has 1 aromatic carbocycles. The molecule has 1 saturated carbocycles. The maximum Gasteiger partial charge on any atom is 0.306 e. The third-order valence-corrected chi connectivity index (χ3v) is 5.01. The summed E-state index contributed by atoms with van der Waals surface area (Å²) in [6.07, 6.45) is 3.16. The molecule has 1 fully saturated rings. The van der Waals surface area contributed by atoms with Gasteiger partial charge in [0.2, 0.25) is 5.91 Å². The number of carboxylic acid groups (broad SMARTS) is 1. The van der Waals surface area contributed by atoms with E-state index in [0.717, 1.165) is 24.0 Å². The SMILES string of the molecule is Cc1ccccc1C(C(=O)NCC1CCC(C(=O)O)CC1)N(C)C. The van der Waals surface area contributed by atoms with E-state index >= 15 is 0 Å². The molecule has 132 valence electrons. The average Bonchev–Trinajstić information content (AvgIpc) is 2.55. The topological polar surface area (TPSA) is 69.6 Å². The zero-order chi connectivity index (χ0) is 17.7. The number of carboxylic acids is 1. The van der Waals surface area contributed by atoms with Crippen LogP contribution in [-0.4, -0.2) is 42.5 Å². The third kappa shape index (κ3) is 4.57. The maximum absolute atomic E-state index is 12.7. The molecule has 0 bridgehead atoms. The molecule has 2 N–H and O–H groups in total. The maximum atomic E-state index is 12.7. The van der Waals surface area contributed by atoms with Gasteiger partial charge in [-0.05, 0) is 63.7 Å². The van der Waals surface area contributed by atoms with Gasteiger partial charge in [-0.2, -0.15) is 0 Å². The van der Waals surface area contributed by atoms with Gasteiger partial charge in [0.25, 0.3) is 0 Å². The van der Waals surface area contributed by atoms with Crippen LogP contribution in [0.25, 0.3) is 0 Å². The van der Waals surface area contributed by atoms with E-state index in [0.29, 0.717) is 25.3 Å². The molecule has 1 amide bonds. The number of aryl methyl sites for hydroxylation is 1. The van der Waals surface area contributed by atoms with Crippen molar-refractivity contribution >= 4 is 11.9 Å². The second-order valence-corrected chi connectivity index (χ2v) is 7.02. The second-order valence-electron chi connectivity index (χ2n) is 7.02. The molecule has 1 aromatic rings. The van der Waals surface area contributed by atoms with Crippen molar-refractivity contribution in [2.75, 3.05) is 20.6 Å². The first-order valence-corrected chi connectivity index (χ1v) is 8.62. The summed E-state index contributed by atoms with van der Waals surface area (Å²) in [7, 11) is 3.82. The molecule has 5 heteroatoms. The Kier molecular flexibility index (Phi) is 6.37. The van der Waals surface area contributed by atoms with Gasteiger partial charge in [-0.25, -0.2) is 0 Å². The lowest BCUT2D eigenvalue weighted by molar-refractivity contribution is -0.143. The predicted octanol–water partition coefficient (Wildman–Crippen LogP) is 2.60. The number of nitrogens with zero attached hydrogens (tertiary/aromatic N) is 1. The van der Waals surface area contributed by atoms with Gasteiger partial charge in [0.1, 0.15) is 6.04 Å². The largest absolute Gasteiger partial charge is 0.481 e. The van der Waals surface area contributed by atoms with Crippen LogP contribution in [-0.2, 0) is 9.59 Å². The van der Waals surface area contributed by atoms with Crippen molar-refractivity contribution in [2.24, 2.45) is 11.8 Å². The van der Waals surface area contributed by atoms with Gasteiger partial charge in [-0.3, -0.25) is 14.5 Å². The first-order valence-electron chi connectivity index (χ1n) is 8.62. The van der Waals surface area contributed by atoms with Crippen LogP contribution in [0.1, 0.15) is 42.9 Å². The van der Waals surface area contributed by atoms with Crippen LogP contribution < -0.4 is 5.32 Å². The summed E-state index contributed by atoms with van der Waals surface area (Å²) in [6.45, 7) is 2.65. The molecular formula is C19H28N2O3. The van der Waals surface area contributed by atoms with Crippen LogP contribution >= 0.6 is 0 Å². The van der Waals surface area contributed by atoms with Crippen LogP contribution in [0.2, 0.25) is 0 Å². The van der Waals surface area contributed by atoms with Crippen molar-refractivity contribution in [2.45, 2.75) is 38.6 Å². The second kappa shape index (κ2) is 8.29. The molecule has 1 aliphatic rings. The fourth-order valence-electron chi connectivity index (χ4n) is 3.50. The molecule has 1 atom stereocenters. The molecule has 0 saturated heterocycles. The fraction of sp³-hybridized carbons (Fsp3) is 0.579. The van der Waals surface area contributed by atoms with Crippen molar-refractivity contribution in [1.29, 1.82) is 0 Å². The number of nitrogens with one attached hydrogen (secondary N) is 1. The molecular weight excluding hydrogens is 304 g/mol. The smallest absolute Gasteiger partial charge is 0.306 e. The number of benzene rings is 1. The van der Waals surface area contributed by atoms with Crippen LogP contribution in [0.5, 0.6) is 0 Å². The monoisotopic (exact) mass is 332 g/mol. The Morgan fingerprint density at radius 2 is 1.83 bits per heavy atom. The van der Waals surface area contributed by atoms with Gasteiger partial charge in [0, 0.05) is 6.54 Å². The van der Waals surface area contributed by atoms with E-state index in [-0.39, 0.29) is 17.9 Å². The Hall–Kier alpha value is -1.88. The number of rotatable bonds is 6. The highest BCUT2D eigenvalue weighted by molar-refractivity contribution is 5.83. The molecule has 0 aliphatic heterocycles. The van der Waals surface area contributed by atoms with Gasteiger partial charge in [0.05, 0.1) is 5.92 Å². The quantitative estimate of drug-likeness (QED) is 0.840. The minimum atomic E-state index is -0.690. The molecule has 1 aliphatic carbocycles. The van der Waals surface area contributed by atoms with E-state index in [2.05, 4.69) is 5.32 Å². The summed E-state index contributed by atoms with van der Waals surface area (Å²) in [4.78, 5) is 25.6. The normalized spacial score (nSPS) is 22.2. The van der Waals surface area contributed by atoms with Gasteiger partial charge in [-0.1, -0.05) is 24.3 Å². The number of carbonyl (C=O) groups is 2. The minimum absolute atomic E-state index is 0.00894. The van der Waals surface area contributed by atoms with Gasteiger partial charge >= 0.3 is 5.97 Å². The lowest BCUT2D eigenvalue weighted by Crippen LogP contribution is -2.40. The Labute approximate surface area is 144 Å². The van der Waals surface area contributed by atoms with E-state index in [1.807, 2.05) is 50.2 Å². The molecule has 24 heavy (non-hydrogen) atoms. The Bertz CT molecular complexity index is 578. The van der Waals surface area contributed by atoms with Crippen LogP contribution in [0.3, 0.4) is 0 Å². The number of hydrogen-bond acceptors (Lipinski definition) is 3. The van der Waals surface area contributed by atoms with E-state index in [1.54, 1.807) is 0 Å². The van der Waals surface area contributed by atoms with Crippen LogP contribution in [0.15, 0.2) is 24.3 Å². The van der Waals surface area contributed by atoms with Crippen LogP contribution in [0, 0.1) is 18.8 Å². The Balaban J connectivity index is 1.93. The van der Waals surface area contributed by atoms with Crippen molar-refractivity contribution < 1.29 is 14.7 Å². The molecule has 0 aromatic heterocycles. The molecule has 0 spiro atoms. The summed E-state index contributed by atoms with van der Waals surface area (Å²) < 4.78 is 0. The summed E-state index contributed by atoms with van der Waals surface area (Å²) in [5.41, 5.74) is 2.13. The van der Waals surface area contributed by atoms with Crippen molar-refractivity contribution in [3.05, 3.63) is 35.4 Å². The zero-order valence-corrected chi connectivity index (χ0v) is 14.8. The van der Waals surface area contributed by atoms with Gasteiger partial charge < -0.3 is 10.4 Å². The number of aliphatic carboxylic acids is 1. The van der Waals surface area contributed by atoms with Crippen molar-refractivity contribution in [3.8, 4) is 0 Å². The van der Waals surface area contributed by atoms with Crippen molar-refractivity contribution in [1.82, 2.24) is 10.2 Å². The molecule has 1 unspecified atom stereocenters. The average molecular weight is 332 g/mol. The molecule has 0 heterocycles. The highest BCUT2D eigenvalue weighted by Gasteiger charge is 2.28.